The predicted octanol–water partition coefficient (Wildman–Crippen LogP) is 3.61. The zero-order valence-electron chi connectivity index (χ0n) is 9.23. The van der Waals surface area contributed by atoms with Crippen molar-refractivity contribution in [2.24, 2.45) is 0 Å². The molecule has 0 aliphatic rings. The molecule has 1 heterocycles. The van der Waals surface area contributed by atoms with E-state index in [9.17, 15) is 13.6 Å². The first kappa shape index (κ1) is 13.4. The highest BCUT2D eigenvalue weighted by molar-refractivity contribution is 9.10. The van der Waals surface area contributed by atoms with Crippen molar-refractivity contribution in [3.63, 3.8) is 0 Å². The summed E-state index contributed by atoms with van der Waals surface area (Å²) in [5.74, 6) is -3.34. The van der Waals surface area contributed by atoms with E-state index in [1.807, 2.05) is 0 Å². The first-order valence-corrected chi connectivity index (χ1v) is 5.78. The summed E-state index contributed by atoms with van der Waals surface area (Å²) in [4.78, 5) is 14.8. The Labute approximate surface area is 114 Å². The Morgan fingerprint density at radius 3 is 2.42 bits per heavy atom. The van der Waals surface area contributed by atoms with E-state index >= 15 is 0 Å². The van der Waals surface area contributed by atoms with Gasteiger partial charge in [0, 0.05) is 28.9 Å². The molecule has 1 aromatic carbocycles. The number of hydrogen-bond acceptors (Lipinski definition) is 3. The Bertz CT molecular complexity index is 629. The van der Waals surface area contributed by atoms with E-state index in [1.54, 1.807) is 0 Å². The van der Waals surface area contributed by atoms with E-state index in [0.29, 0.717) is 10.5 Å². The van der Waals surface area contributed by atoms with E-state index in [2.05, 4.69) is 20.9 Å². The maximum Gasteiger partial charge on any atom is 0.341 e. The van der Waals surface area contributed by atoms with Crippen LogP contribution in [0.5, 0.6) is 11.6 Å². The molecule has 0 aliphatic carbocycles. The number of benzene rings is 1. The van der Waals surface area contributed by atoms with Gasteiger partial charge in [-0.15, -0.1) is 0 Å². The Balaban J connectivity index is 2.40. The molecular formula is C12H6BrF2NO3. The molecule has 4 nitrogen and oxygen atoms in total. The van der Waals surface area contributed by atoms with Gasteiger partial charge in [-0.3, -0.25) is 0 Å². The molecule has 0 amide bonds. The summed E-state index contributed by atoms with van der Waals surface area (Å²) >= 11 is 3.07. The van der Waals surface area contributed by atoms with Gasteiger partial charge < -0.3 is 9.84 Å². The minimum absolute atomic E-state index is 0.171. The highest BCUT2D eigenvalue weighted by Gasteiger charge is 2.15. The molecule has 0 spiro atoms. The molecule has 0 saturated carbocycles. The van der Waals surface area contributed by atoms with E-state index < -0.39 is 17.6 Å². The second kappa shape index (κ2) is 5.31. The Kier molecular flexibility index (Phi) is 3.75. The first-order chi connectivity index (χ1) is 8.95. The largest absolute Gasteiger partial charge is 0.477 e. The van der Waals surface area contributed by atoms with Gasteiger partial charge in [-0.25, -0.2) is 18.6 Å². The molecule has 2 rings (SSSR count). The average molecular weight is 330 g/mol. The van der Waals surface area contributed by atoms with Crippen LogP contribution < -0.4 is 4.74 Å². The minimum atomic E-state index is -1.26. The van der Waals surface area contributed by atoms with Crippen molar-refractivity contribution in [3.8, 4) is 11.6 Å². The number of carboxylic acid groups (broad SMARTS) is 1. The number of rotatable bonds is 3. The molecule has 0 saturated heterocycles. The van der Waals surface area contributed by atoms with E-state index in [0.717, 1.165) is 12.1 Å². The number of aromatic nitrogens is 1. The lowest BCUT2D eigenvalue weighted by molar-refractivity contribution is 0.0693. The van der Waals surface area contributed by atoms with Gasteiger partial charge in [0.1, 0.15) is 22.9 Å². The average Bonchev–Trinajstić information content (AvgIpc) is 2.30. The Morgan fingerprint density at radius 1 is 1.21 bits per heavy atom. The van der Waals surface area contributed by atoms with E-state index in [-0.39, 0.29) is 17.2 Å². The van der Waals surface area contributed by atoms with Crippen LogP contribution in [0.4, 0.5) is 8.78 Å². The van der Waals surface area contributed by atoms with Crippen LogP contribution in [-0.4, -0.2) is 16.1 Å². The second-order valence-electron chi connectivity index (χ2n) is 3.52. The van der Waals surface area contributed by atoms with Crippen LogP contribution in [0.15, 0.2) is 34.9 Å². The fourth-order valence-electron chi connectivity index (χ4n) is 1.36. The first-order valence-electron chi connectivity index (χ1n) is 4.98. The summed E-state index contributed by atoms with van der Waals surface area (Å²) < 4.78 is 31.5. The Morgan fingerprint density at radius 2 is 1.84 bits per heavy atom. The molecular weight excluding hydrogens is 324 g/mol. The standard InChI is InChI=1S/C12H6BrF2NO3/c13-6-1-10(12(17)18)11(16-5-6)19-9-3-7(14)2-8(15)4-9/h1-5H,(H,17,18). The lowest BCUT2D eigenvalue weighted by Gasteiger charge is -2.08. The molecule has 7 heteroatoms. The fourth-order valence-corrected chi connectivity index (χ4v) is 1.69. The maximum absolute atomic E-state index is 13.0. The highest BCUT2D eigenvalue weighted by atomic mass is 79.9. The molecule has 0 fully saturated rings. The second-order valence-corrected chi connectivity index (χ2v) is 4.43. The maximum atomic E-state index is 13.0. The summed E-state index contributed by atoms with van der Waals surface area (Å²) in [7, 11) is 0. The third-order valence-corrected chi connectivity index (χ3v) is 2.53. The van der Waals surface area contributed by atoms with Crippen molar-refractivity contribution in [2.45, 2.75) is 0 Å². The van der Waals surface area contributed by atoms with Gasteiger partial charge >= 0.3 is 5.97 Å². The monoisotopic (exact) mass is 329 g/mol. The zero-order valence-corrected chi connectivity index (χ0v) is 10.8. The zero-order chi connectivity index (χ0) is 14.0. The van der Waals surface area contributed by atoms with Gasteiger partial charge in [0.25, 0.3) is 0 Å². The van der Waals surface area contributed by atoms with Crippen LogP contribution in [0.1, 0.15) is 10.4 Å². The topological polar surface area (TPSA) is 59.4 Å². The van der Waals surface area contributed by atoms with Crippen molar-refractivity contribution in [3.05, 3.63) is 52.1 Å². The number of carboxylic acids is 1. The number of hydrogen-bond donors (Lipinski definition) is 1. The van der Waals surface area contributed by atoms with E-state index in [4.69, 9.17) is 9.84 Å². The van der Waals surface area contributed by atoms with Gasteiger partial charge in [-0.05, 0) is 22.0 Å². The van der Waals surface area contributed by atoms with Gasteiger partial charge in [-0.2, -0.15) is 0 Å². The molecule has 0 bridgehead atoms. The van der Waals surface area contributed by atoms with Crippen LogP contribution in [-0.2, 0) is 0 Å². The van der Waals surface area contributed by atoms with Crippen LogP contribution in [0.2, 0.25) is 0 Å². The number of pyridine rings is 1. The highest BCUT2D eigenvalue weighted by Crippen LogP contribution is 2.26. The molecule has 1 aromatic heterocycles. The molecule has 0 atom stereocenters. The van der Waals surface area contributed by atoms with Crippen LogP contribution >= 0.6 is 15.9 Å². The summed E-state index contributed by atoms with van der Waals surface area (Å²) in [5, 5.41) is 8.99. The van der Waals surface area contributed by atoms with Crippen LogP contribution in [0.3, 0.4) is 0 Å². The molecule has 98 valence electrons. The van der Waals surface area contributed by atoms with Crippen molar-refractivity contribution >= 4 is 21.9 Å². The summed E-state index contributed by atoms with van der Waals surface area (Å²) in [6.07, 6.45) is 1.32. The fraction of sp³-hybridized carbons (Fsp3) is 0. The van der Waals surface area contributed by atoms with Crippen molar-refractivity contribution < 1.29 is 23.4 Å². The lowest BCUT2D eigenvalue weighted by Crippen LogP contribution is -2.02. The van der Waals surface area contributed by atoms with Crippen molar-refractivity contribution in [2.75, 3.05) is 0 Å². The molecule has 0 radical (unpaired) electrons. The third-order valence-electron chi connectivity index (χ3n) is 2.10. The summed E-state index contributed by atoms with van der Waals surface area (Å²) in [5.41, 5.74) is -0.223. The number of halogens is 3. The number of carbonyl (C=O) groups is 1. The van der Waals surface area contributed by atoms with Crippen LogP contribution in [0, 0.1) is 11.6 Å². The number of nitrogens with zero attached hydrogens (tertiary/aromatic N) is 1. The summed E-state index contributed by atoms with van der Waals surface area (Å²) in [6, 6.07) is 3.82. The van der Waals surface area contributed by atoms with Crippen LogP contribution in [0.25, 0.3) is 0 Å². The molecule has 1 N–H and O–H groups in total. The van der Waals surface area contributed by atoms with Gasteiger partial charge in [0.05, 0.1) is 0 Å². The minimum Gasteiger partial charge on any atom is -0.477 e. The molecule has 0 aliphatic heterocycles. The van der Waals surface area contributed by atoms with Crippen molar-refractivity contribution in [1.29, 1.82) is 0 Å². The van der Waals surface area contributed by atoms with Gasteiger partial charge in [0.15, 0.2) is 0 Å². The van der Waals surface area contributed by atoms with Gasteiger partial charge in [-0.1, -0.05) is 0 Å². The molecule has 19 heavy (non-hydrogen) atoms. The smallest absolute Gasteiger partial charge is 0.341 e. The molecule has 0 unspecified atom stereocenters. The SMILES string of the molecule is O=C(O)c1cc(Br)cnc1Oc1cc(F)cc(F)c1. The number of aromatic carboxylic acids is 1. The van der Waals surface area contributed by atoms with Crippen molar-refractivity contribution in [1.82, 2.24) is 4.98 Å². The lowest BCUT2D eigenvalue weighted by atomic mass is 10.2. The van der Waals surface area contributed by atoms with E-state index in [1.165, 1.54) is 12.3 Å². The van der Waals surface area contributed by atoms with Gasteiger partial charge in [0.2, 0.25) is 5.88 Å². The summed E-state index contributed by atoms with van der Waals surface area (Å²) in [6.45, 7) is 0. The third kappa shape index (κ3) is 3.25. The quantitative estimate of drug-likeness (QED) is 0.934. The molecule has 2 aromatic rings. The Hall–Kier alpha value is -2.02. The predicted molar refractivity (Wildman–Crippen MR) is 65.3 cm³/mol. The normalized spacial score (nSPS) is 10.3. The number of ether oxygens (including phenoxy) is 1.